The second kappa shape index (κ2) is 5.43. The molecule has 1 heterocycles. The molecule has 18 heavy (non-hydrogen) atoms. The summed E-state index contributed by atoms with van der Waals surface area (Å²) >= 11 is 0. The van der Waals surface area contributed by atoms with Gasteiger partial charge in [0, 0.05) is 18.8 Å². The molecule has 0 bridgehead atoms. The number of alkyl halides is 2. The number of nitrogens with one attached hydrogen (secondary N) is 1. The fourth-order valence-corrected chi connectivity index (χ4v) is 1.88. The highest BCUT2D eigenvalue weighted by Crippen LogP contribution is 2.34. The van der Waals surface area contributed by atoms with Gasteiger partial charge in [0.1, 0.15) is 0 Å². The van der Waals surface area contributed by atoms with Crippen molar-refractivity contribution < 1.29 is 18.7 Å². The van der Waals surface area contributed by atoms with Gasteiger partial charge in [-0.1, -0.05) is 0 Å². The first-order chi connectivity index (χ1) is 8.61. The van der Waals surface area contributed by atoms with Gasteiger partial charge in [0.05, 0.1) is 11.8 Å². The quantitative estimate of drug-likeness (QED) is 0.805. The molecule has 1 saturated carbocycles. The molecule has 1 aromatic rings. The zero-order valence-corrected chi connectivity index (χ0v) is 9.72. The van der Waals surface area contributed by atoms with Crippen molar-refractivity contribution in [3.8, 4) is 0 Å². The van der Waals surface area contributed by atoms with Crippen molar-refractivity contribution in [3.05, 3.63) is 18.0 Å². The van der Waals surface area contributed by atoms with Crippen molar-refractivity contribution in [1.29, 1.82) is 0 Å². The van der Waals surface area contributed by atoms with Crippen LogP contribution in [0.3, 0.4) is 0 Å². The van der Waals surface area contributed by atoms with E-state index in [4.69, 9.17) is 5.11 Å². The van der Waals surface area contributed by atoms with Gasteiger partial charge in [-0.15, -0.1) is 0 Å². The summed E-state index contributed by atoms with van der Waals surface area (Å²) in [5, 5.41) is 15.1. The van der Waals surface area contributed by atoms with Gasteiger partial charge in [0.25, 0.3) is 5.91 Å². The Bertz CT molecular complexity index is 418. The minimum absolute atomic E-state index is 0.00224. The van der Waals surface area contributed by atoms with Gasteiger partial charge in [-0.3, -0.25) is 4.79 Å². The summed E-state index contributed by atoms with van der Waals surface area (Å²) in [6.45, 7) is -2.75. The summed E-state index contributed by atoms with van der Waals surface area (Å²) in [7, 11) is 0. The van der Waals surface area contributed by atoms with Crippen LogP contribution in [0.2, 0.25) is 0 Å². The number of hydrogen-bond donors (Lipinski definition) is 2. The molecule has 0 radical (unpaired) electrons. The Morgan fingerprint density at radius 2 is 2.33 bits per heavy atom. The highest BCUT2D eigenvalue weighted by atomic mass is 19.3. The van der Waals surface area contributed by atoms with Crippen molar-refractivity contribution in [3.63, 3.8) is 0 Å². The number of hydrogen-bond acceptors (Lipinski definition) is 3. The SMILES string of the molecule is O=C(N[C@H](CCO)C1CC1)c1cnn(C(F)F)c1. The second-order valence-electron chi connectivity index (χ2n) is 4.42. The number of amides is 1. The molecule has 0 aromatic carbocycles. The summed E-state index contributed by atoms with van der Waals surface area (Å²) in [6, 6.07) is -0.0857. The van der Waals surface area contributed by atoms with E-state index in [0.29, 0.717) is 17.0 Å². The first kappa shape index (κ1) is 12.9. The van der Waals surface area contributed by atoms with Crippen molar-refractivity contribution in [2.24, 2.45) is 5.92 Å². The lowest BCUT2D eigenvalue weighted by molar-refractivity contribution is 0.0565. The number of carbonyl (C=O) groups excluding carboxylic acids is 1. The average molecular weight is 259 g/mol. The molecule has 0 spiro atoms. The first-order valence-corrected chi connectivity index (χ1v) is 5.86. The molecule has 5 nitrogen and oxygen atoms in total. The van der Waals surface area contributed by atoms with E-state index in [0.717, 1.165) is 25.2 Å². The van der Waals surface area contributed by atoms with Crippen LogP contribution in [0.5, 0.6) is 0 Å². The van der Waals surface area contributed by atoms with Gasteiger partial charge < -0.3 is 10.4 Å². The third-order valence-electron chi connectivity index (χ3n) is 3.01. The smallest absolute Gasteiger partial charge is 0.333 e. The molecule has 1 amide bonds. The van der Waals surface area contributed by atoms with Crippen molar-refractivity contribution in [1.82, 2.24) is 15.1 Å². The van der Waals surface area contributed by atoms with E-state index in [1.165, 1.54) is 0 Å². The maximum absolute atomic E-state index is 12.3. The van der Waals surface area contributed by atoms with Crippen LogP contribution in [-0.4, -0.2) is 33.4 Å². The molecule has 0 aliphatic heterocycles. The van der Waals surface area contributed by atoms with E-state index in [2.05, 4.69) is 10.4 Å². The van der Waals surface area contributed by atoms with E-state index >= 15 is 0 Å². The summed E-state index contributed by atoms with van der Waals surface area (Å²) in [5.41, 5.74) is 0.110. The molecular formula is C11H15F2N3O2. The van der Waals surface area contributed by atoms with Crippen LogP contribution in [0, 0.1) is 5.92 Å². The Labute approximate surface area is 103 Å². The molecular weight excluding hydrogens is 244 g/mol. The Balaban J connectivity index is 1.96. The largest absolute Gasteiger partial charge is 0.396 e. The van der Waals surface area contributed by atoms with E-state index in [9.17, 15) is 13.6 Å². The van der Waals surface area contributed by atoms with E-state index in [-0.39, 0.29) is 18.2 Å². The Kier molecular flexibility index (Phi) is 3.90. The van der Waals surface area contributed by atoms with Gasteiger partial charge in [-0.05, 0) is 25.2 Å². The molecule has 1 aliphatic carbocycles. The molecule has 7 heteroatoms. The zero-order chi connectivity index (χ0) is 13.1. The lowest BCUT2D eigenvalue weighted by Crippen LogP contribution is -2.37. The van der Waals surface area contributed by atoms with Gasteiger partial charge >= 0.3 is 6.55 Å². The average Bonchev–Trinajstić information content (AvgIpc) is 3.04. The van der Waals surface area contributed by atoms with Gasteiger partial charge in [-0.25, -0.2) is 4.68 Å². The molecule has 0 saturated heterocycles. The molecule has 1 fully saturated rings. The van der Waals surface area contributed by atoms with Crippen LogP contribution in [0.1, 0.15) is 36.2 Å². The van der Waals surface area contributed by atoms with Crippen LogP contribution >= 0.6 is 0 Å². The lowest BCUT2D eigenvalue weighted by Gasteiger charge is -2.16. The summed E-state index contributed by atoms with van der Waals surface area (Å²) < 4.78 is 25.0. The number of aliphatic hydroxyl groups is 1. The Morgan fingerprint density at radius 3 is 2.83 bits per heavy atom. The number of carbonyl (C=O) groups is 1. The number of nitrogens with zero attached hydrogens (tertiary/aromatic N) is 2. The molecule has 2 N–H and O–H groups in total. The number of halogens is 2. The molecule has 0 unspecified atom stereocenters. The third-order valence-corrected chi connectivity index (χ3v) is 3.01. The topological polar surface area (TPSA) is 67.2 Å². The first-order valence-electron chi connectivity index (χ1n) is 5.86. The maximum Gasteiger partial charge on any atom is 0.333 e. The standard InChI is InChI=1S/C11H15F2N3O2/c12-11(13)16-6-8(5-14-16)10(18)15-9(3-4-17)7-1-2-7/h5-7,9,11,17H,1-4H2,(H,15,18)/t9-/m1/s1. The van der Waals surface area contributed by atoms with Gasteiger partial charge in [0.2, 0.25) is 0 Å². The number of rotatable bonds is 6. The predicted molar refractivity (Wildman–Crippen MR) is 59.2 cm³/mol. The monoisotopic (exact) mass is 259 g/mol. The lowest BCUT2D eigenvalue weighted by atomic mass is 10.1. The number of aliphatic hydroxyl groups excluding tert-OH is 1. The number of aromatic nitrogens is 2. The van der Waals surface area contributed by atoms with Crippen LogP contribution in [-0.2, 0) is 0 Å². The van der Waals surface area contributed by atoms with Crippen LogP contribution in [0.15, 0.2) is 12.4 Å². The highest BCUT2D eigenvalue weighted by molar-refractivity contribution is 5.93. The Hall–Kier alpha value is -1.50. The summed E-state index contributed by atoms with van der Waals surface area (Å²) in [4.78, 5) is 11.8. The summed E-state index contributed by atoms with van der Waals surface area (Å²) in [5.74, 6) is -0.0292. The second-order valence-corrected chi connectivity index (χ2v) is 4.42. The predicted octanol–water partition coefficient (Wildman–Crippen LogP) is 1.17. The van der Waals surface area contributed by atoms with Crippen molar-refractivity contribution in [2.75, 3.05) is 6.61 Å². The van der Waals surface area contributed by atoms with Crippen LogP contribution in [0.25, 0.3) is 0 Å². The van der Waals surface area contributed by atoms with Crippen molar-refractivity contribution >= 4 is 5.91 Å². The van der Waals surface area contributed by atoms with Gasteiger partial charge in [0.15, 0.2) is 0 Å². The van der Waals surface area contributed by atoms with E-state index < -0.39 is 12.5 Å². The molecule has 2 rings (SSSR count). The minimum Gasteiger partial charge on any atom is -0.396 e. The van der Waals surface area contributed by atoms with Crippen LogP contribution < -0.4 is 5.32 Å². The van der Waals surface area contributed by atoms with Crippen molar-refractivity contribution in [2.45, 2.75) is 31.9 Å². The summed E-state index contributed by atoms with van der Waals surface area (Å²) in [6.07, 6.45) is 4.68. The normalized spacial score (nSPS) is 16.9. The van der Waals surface area contributed by atoms with Crippen LogP contribution in [0.4, 0.5) is 8.78 Å². The fourth-order valence-electron chi connectivity index (χ4n) is 1.88. The zero-order valence-electron chi connectivity index (χ0n) is 9.72. The van der Waals surface area contributed by atoms with E-state index in [1.54, 1.807) is 0 Å². The third kappa shape index (κ3) is 3.04. The van der Waals surface area contributed by atoms with E-state index in [1.807, 2.05) is 0 Å². The molecule has 1 atom stereocenters. The molecule has 1 aliphatic rings. The molecule has 100 valence electrons. The fraction of sp³-hybridized carbons (Fsp3) is 0.636. The molecule has 1 aromatic heterocycles. The maximum atomic E-state index is 12.3. The highest BCUT2D eigenvalue weighted by Gasteiger charge is 2.32. The minimum atomic E-state index is -2.75. The van der Waals surface area contributed by atoms with Gasteiger partial charge in [-0.2, -0.15) is 13.9 Å². The Morgan fingerprint density at radius 1 is 1.61 bits per heavy atom.